The Hall–Kier alpha value is -5.82. The van der Waals surface area contributed by atoms with Crippen LogP contribution in [0.3, 0.4) is 0 Å². The Morgan fingerprint density at radius 2 is 1.01 bits per heavy atom. The maximum atomic E-state index is 14.1. The van der Waals surface area contributed by atoms with Crippen molar-refractivity contribution in [3.8, 4) is 23.0 Å². The molecule has 18 nitrogen and oxygen atoms in total. The Balaban J connectivity index is 0.000000338. The van der Waals surface area contributed by atoms with Crippen molar-refractivity contribution in [2.45, 2.75) is 137 Å². The predicted octanol–water partition coefficient (Wildman–Crippen LogP) is 9.38. The third-order valence-electron chi connectivity index (χ3n) is 12.7. The number of piperidine rings is 2. The summed E-state index contributed by atoms with van der Waals surface area (Å²) >= 11 is 0. The van der Waals surface area contributed by atoms with Crippen LogP contribution in [0.1, 0.15) is 121 Å². The number of benzene rings is 3. The van der Waals surface area contributed by atoms with Crippen LogP contribution in [0.25, 0.3) is 0 Å². The number of rotatable bonds is 23. The zero-order valence-corrected chi connectivity index (χ0v) is 48.5. The Morgan fingerprint density at radius 1 is 0.584 bits per heavy atom. The fraction of sp³-hybridized carbons (Fsp3) is 0.627. The first-order valence-corrected chi connectivity index (χ1v) is 27.0. The van der Waals surface area contributed by atoms with E-state index in [2.05, 4.69) is 0 Å². The topological polar surface area (TPSA) is 185 Å². The van der Waals surface area contributed by atoms with Crippen LogP contribution in [0, 0.1) is 11.8 Å². The molecule has 2 unspecified atom stereocenters. The summed E-state index contributed by atoms with van der Waals surface area (Å²) in [5, 5.41) is 9.91. The van der Waals surface area contributed by atoms with Crippen LogP contribution in [0.4, 0.5) is 9.59 Å². The van der Waals surface area contributed by atoms with Crippen molar-refractivity contribution in [3.05, 3.63) is 83.4 Å². The molecule has 2 heterocycles. The highest BCUT2D eigenvalue weighted by atomic mass is 16.6. The van der Waals surface area contributed by atoms with E-state index in [0.29, 0.717) is 126 Å². The SMILES string of the molecule is COCCCOc1cc(C(=O)N(C(C)C)C2C[C@H](CO)CN(C(=O)OC(C)(C)C)C2)ccc1OC.COCCCOc1cc(C(=O)N(C(C)C)C2C[C@H](COCc3ccccc3)CN(C(=O)OC(C)(C)C)C2)ccc1OC. The van der Waals surface area contributed by atoms with Crippen molar-refractivity contribution in [1.29, 1.82) is 0 Å². The van der Waals surface area contributed by atoms with Crippen LogP contribution < -0.4 is 18.9 Å². The molecule has 0 aromatic heterocycles. The number of likely N-dealkylation sites (tertiary alicyclic amines) is 2. The zero-order chi connectivity index (χ0) is 56.9. The van der Waals surface area contributed by atoms with Crippen molar-refractivity contribution in [2.24, 2.45) is 11.8 Å². The van der Waals surface area contributed by atoms with E-state index in [0.717, 1.165) is 5.56 Å². The van der Waals surface area contributed by atoms with Crippen molar-refractivity contribution in [1.82, 2.24) is 19.6 Å². The van der Waals surface area contributed by atoms with Gasteiger partial charge in [-0.2, -0.15) is 0 Å². The molecule has 0 bridgehead atoms. The molecule has 1 N–H and O–H groups in total. The van der Waals surface area contributed by atoms with Gasteiger partial charge in [0.1, 0.15) is 11.2 Å². The van der Waals surface area contributed by atoms with Gasteiger partial charge < -0.3 is 67.3 Å². The molecule has 0 radical (unpaired) electrons. The highest BCUT2D eigenvalue weighted by Crippen LogP contribution is 2.33. The Bertz CT molecular complexity index is 2280. The summed E-state index contributed by atoms with van der Waals surface area (Å²) in [7, 11) is 6.42. The normalized spacial score (nSPS) is 17.7. The minimum absolute atomic E-state index is 0.0320. The molecule has 2 fully saturated rings. The third-order valence-corrected chi connectivity index (χ3v) is 12.7. The largest absolute Gasteiger partial charge is 0.493 e. The van der Waals surface area contributed by atoms with E-state index in [1.165, 1.54) is 0 Å². The van der Waals surface area contributed by atoms with Gasteiger partial charge in [-0.25, -0.2) is 9.59 Å². The number of hydrogen-bond donors (Lipinski definition) is 1. The summed E-state index contributed by atoms with van der Waals surface area (Å²) in [5.41, 5.74) is 0.801. The van der Waals surface area contributed by atoms with Crippen molar-refractivity contribution in [2.75, 3.05) is 94.3 Å². The summed E-state index contributed by atoms with van der Waals surface area (Å²) in [6.07, 6.45) is 1.90. The lowest BCUT2D eigenvalue weighted by Gasteiger charge is -2.44. The molecule has 2 saturated heterocycles. The number of amides is 4. The van der Waals surface area contributed by atoms with Crippen LogP contribution >= 0.6 is 0 Å². The van der Waals surface area contributed by atoms with E-state index < -0.39 is 17.3 Å². The van der Waals surface area contributed by atoms with Crippen molar-refractivity contribution < 1.29 is 66.9 Å². The average Bonchev–Trinajstić information content (AvgIpc) is 3.38. The van der Waals surface area contributed by atoms with Crippen LogP contribution in [0.15, 0.2) is 66.7 Å². The van der Waals surface area contributed by atoms with Gasteiger partial charge in [-0.15, -0.1) is 0 Å². The summed E-state index contributed by atoms with van der Waals surface area (Å²) < 4.78 is 50.2. The minimum Gasteiger partial charge on any atom is -0.493 e. The monoisotopic (exact) mass is 1080 g/mol. The number of methoxy groups -OCH3 is 4. The third kappa shape index (κ3) is 20.5. The number of nitrogens with zero attached hydrogens (tertiary/aromatic N) is 4. The molecular formula is C59H90N4O14. The molecule has 2 aliphatic rings. The van der Waals surface area contributed by atoms with Gasteiger partial charge in [-0.3, -0.25) is 9.59 Å². The molecule has 77 heavy (non-hydrogen) atoms. The maximum absolute atomic E-state index is 14.1. The van der Waals surface area contributed by atoms with Crippen LogP contribution in [0.5, 0.6) is 23.0 Å². The van der Waals surface area contributed by atoms with Crippen molar-refractivity contribution >= 4 is 24.0 Å². The molecule has 0 aliphatic carbocycles. The Labute approximate surface area is 458 Å². The molecule has 430 valence electrons. The fourth-order valence-corrected chi connectivity index (χ4v) is 9.43. The second-order valence-corrected chi connectivity index (χ2v) is 22.2. The summed E-state index contributed by atoms with van der Waals surface area (Å²) in [5.74, 6) is 1.69. The highest BCUT2D eigenvalue weighted by molar-refractivity contribution is 5.96. The lowest BCUT2D eigenvalue weighted by Crippen LogP contribution is -2.57. The summed E-state index contributed by atoms with van der Waals surface area (Å²) in [6, 6.07) is 19.7. The van der Waals surface area contributed by atoms with E-state index in [1.54, 1.807) is 79.5 Å². The lowest BCUT2D eigenvalue weighted by atomic mass is 9.92. The number of carbonyl (C=O) groups excluding carboxylic acids is 4. The molecule has 18 heteroatoms. The average molecular weight is 1080 g/mol. The molecular weight excluding hydrogens is 989 g/mol. The number of carbonyl (C=O) groups is 4. The smallest absolute Gasteiger partial charge is 0.410 e. The highest BCUT2D eigenvalue weighted by Gasteiger charge is 2.40. The molecule has 5 rings (SSSR count). The molecule has 4 atom stereocenters. The molecule has 4 amide bonds. The molecule has 2 aliphatic heterocycles. The predicted molar refractivity (Wildman–Crippen MR) is 295 cm³/mol. The van der Waals surface area contributed by atoms with Gasteiger partial charge >= 0.3 is 12.2 Å². The first kappa shape index (κ1) is 63.7. The quantitative estimate of drug-likeness (QED) is 0.0886. The van der Waals surface area contributed by atoms with E-state index in [1.807, 2.05) is 104 Å². The van der Waals surface area contributed by atoms with E-state index in [-0.39, 0.29) is 60.5 Å². The van der Waals surface area contributed by atoms with Gasteiger partial charge in [0.15, 0.2) is 23.0 Å². The lowest BCUT2D eigenvalue weighted by molar-refractivity contribution is -0.0153. The van der Waals surface area contributed by atoms with Crippen molar-refractivity contribution in [3.63, 3.8) is 0 Å². The van der Waals surface area contributed by atoms with E-state index in [9.17, 15) is 24.3 Å². The van der Waals surface area contributed by atoms with Gasteiger partial charge in [0.2, 0.25) is 0 Å². The number of aliphatic hydroxyl groups is 1. The molecule has 3 aromatic carbocycles. The second-order valence-electron chi connectivity index (χ2n) is 22.2. The minimum atomic E-state index is -0.630. The van der Waals surface area contributed by atoms with E-state index >= 15 is 0 Å². The Kier molecular flexibility index (Phi) is 25.6. The first-order valence-electron chi connectivity index (χ1n) is 27.0. The first-order chi connectivity index (χ1) is 36.5. The zero-order valence-electron chi connectivity index (χ0n) is 48.5. The van der Waals surface area contributed by atoms with Gasteiger partial charge in [-0.05, 0) is 124 Å². The molecule has 0 saturated carbocycles. The number of hydrogen-bond acceptors (Lipinski definition) is 14. The van der Waals surface area contributed by atoms with Crippen LogP contribution in [-0.2, 0) is 30.3 Å². The maximum Gasteiger partial charge on any atom is 0.410 e. The summed E-state index contributed by atoms with van der Waals surface area (Å²) in [6.45, 7) is 23.4. The van der Waals surface area contributed by atoms with Crippen LogP contribution in [-0.4, -0.2) is 178 Å². The Morgan fingerprint density at radius 3 is 1.40 bits per heavy atom. The van der Waals surface area contributed by atoms with Gasteiger partial charge in [-0.1, -0.05) is 30.3 Å². The van der Waals surface area contributed by atoms with Gasteiger partial charge in [0, 0.05) is 108 Å². The molecule has 0 spiro atoms. The van der Waals surface area contributed by atoms with Crippen LogP contribution in [0.2, 0.25) is 0 Å². The number of aliphatic hydroxyl groups excluding tert-OH is 1. The second kappa shape index (κ2) is 30.9. The van der Waals surface area contributed by atoms with E-state index in [4.69, 9.17) is 42.6 Å². The van der Waals surface area contributed by atoms with Gasteiger partial charge in [0.05, 0.1) is 52.7 Å². The van der Waals surface area contributed by atoms with Gasteiger partial charge in [0.25, 0.3) is 11.8 Å². The molecule has 3 aromatic rings. The standard InChI is InChI=1S/C33H48N2O7.C26H42N2O7/c1-24(2)35(31(36)27-14-15-29(39-7)30(19-27)41-17-11-16-38-6)28-18-26(23-40-22-25-12-9-8-10-13-25)20-34(21-28)32(37)42-33(3,4)5;1-18(2)28(21-13-19(17-29)15-27(16-21)25(31)35-26(3,4)5)24(30)20-9-10-22(33-7)23(14-20)34-12-8-11-32-6/h8-10,12-15,19,24,26,28H,11,16-18,20-23H2,1-7H3;9-10,14,18-19,21,29H,8,11-13,15-17H2,1-7H3/t26-,28?;19-,21?/m00/s1. The number of ether oxygens (including phenoxy) is 9. The fourth-order valence-electron chi connectivity index (χ4n) is 9.43. The summed E-state index contributed by atoms with van der Waals surface area (Å²) in [4.78, 5) is 60.8.